The lowest BCUT2D eigenvalue weighted by molar-refractivity contribution is 0.417. The fourth-order valence-electron chi connectivity index (χ4n) is 2.56. The zero-order valence-electron chi connectivity index (χ0n) is 15.5. The topological polar surface area (TPSA) is 102 Å². The van der Waals surface area contributed by atoms with Crippen LogP contribution in [0.2, 0.25) is 10.0 Å². The van der Waals surface area contributed by atoms with Crippen LogP contribution in [-0.2, 0) is 20.0 Å². The highest BCUT2D eigenvalue weighted by atomic mass is 35.5. The monoisotopic (exact) mass is 486 g/mol. The van der Waals surface area contributed by atoms with Gasteiger partial charge in [0.25, 0.3) is 20.0 Å². The highest BCUT2D eigenvalue weighted by Gasteiger charge is 2.20. The van der Waals surface area contributed by atoms with Crippen LogP contribution >= 0.6 is 23.2 Å². The van der Waals surface area contributed by atoms with Crippen molar-refractivity contribution in [3.63, 3.8) is 0 Å². The number of benzene rings is 3. The van der Waals surface area contributed by atoms with Crippen LogP contribution in [0.15, 0.2) is 76.5 Å². The zero-order valence-corrected chi connectivity index (χ0v) is 18.6. The molecule has 0 spiro atoms. The zero-order chi connectivity index (χ0) is 21.9. The number of halogens is 2. The fraction of sp³-hybridized carbons (Fsp3) is 0.0526. The van der Waals surface area contributed by atoms with Crippen molar-refractivity contribution >= 4 is 54.6 Å². The van der Waals surface area contributed by atoms with Crippen LogP contribution in [0.25, 0.3) is 0 Å². The number of hydrogen-bond donors (Lipinski definition) is 2. The molecule has 0 heterocycles. The number of sulfonamides is 2. The fourth-order valence-corrected chi connectivity index (χ4v) is 5.45. The molecule has 0 radical (unpaired) electrons. The lowest BCUT2D eigenvalue weighted by atomic mass is 10.3. The summed E-state index contributed by atoms with van der Waals surface area (Å²) in [6, 6.07) is 15.8. The molecule has 0 aliphatic heterocycles. The Kier molecular flexibility index (Phi) is 6.47. The molecule has 0 unspecified atom stereocenters. The maximum absolute atomic E-state index is 12.8. The molecule has 0 bridgehead atoms. The van der Waals surface area contributed by atoms with Crippen LogP contribution in [0.3, 0.4) is 0 Å². The van der Waals surface area contributed by atoms with Gasteiger partial charge in [0.15, 0.2) is 0 Å². The third-order valence-electron chi connectivity index (χ3n) is 3.89. The first-order valence-electron chi connectivity index (χ1n) is 8.35. The Labute approximate surface area is 184 Å². The summed E-state index contributed by atoms with van der Waals surface area (Å²) >= 11 is 11.7. The maximum atomic E-state index is 12.8. The van der Waals surface area contributed by atoms with Gasteiger partial charge in [-0.2, -0.15) is 0 Å². The number of hydrogen-bond acceptors (Lipinski definition) is 5. The number of para-hydroxylation sites is 2. The van der Waals surface area contributed by atoms with Gasteiger partial charge >= 0.3 is 0 Å². The summed E-state index contributed by atoms with van der Waals surface area (Å²) in [5.74, 6) is 0.343. The molecule has 0 saturated heterocycles. The van der Waals surface area contributed by atoms with Gasteiger partial charge in [0.05, 0.1) is 28.3 Å². The van der Waals surface area contributed by atoms with Gasteiger partial charge in [0, 0.05) is 10.0 Å². The second-order valence-electron chi connectivity index (χ2n) is 6.04. The molecular weight excluding hydrogens is 471 g/mol. The largest absolute Gasteiger partial charge is 0.495 e. The van der Waals surface area contributed by atoms with Gasteiger partial charge in [-0.25, -0.2) is 16.8 Å². The van der Waals surface area contributed by atoms with E-state index < -0.39 is 20.0 Å². The first-order chi connectivity index (χ1) is 14.1. The van der Waals surface area contributed by atoms with E-state index in [2.05, 4.69) is 9.44 Å². The molecule has 0 aliphatic rings. The van der Waals surface area contributed by atoms with E-state index in [0.717, 1.165) is 0 Å². The quantitative estimate of drug-likeness (QED) is 0.507. The molecule has 7 nitrogen and oxygen atoms in total. The van der Waals surface area contributed by atoms with E-state index in [4.69, 9.17) is 27.9 Å². The molecule has 0 saturated carbocycles. The second-order valence-corrected chi connectivity index (χ2v) is 10.3. The van der Waals surface area contributed by atoms with Crippen LogP contribution in [0, 0.1) is 0 Å². The van der Waals surface area contributed by atoms with Crippen LogP contribution in [-0.4, -0.2) is 23.9 Å². The van der Waals surface area contributed by atoms with E-state index in [1.54, 1.807) is 24.3 Å². The van der Waals surface area contributed by atoms with Crippen molar-refractivity contribution in [1.29, 1.82) is 0 Å². The Bertz CT molecular complexity index is 1280. The Balaban J connectivity index is 1.90. The predicted molar refractivity (Wildman–Crippen MR) is 118 cm³/mol. The lowest BCUT2D eigenvalue weighted by Gasteiger charge is -2.13. The summed E-state index contributed by atoms with van der Waals surface area (Å²) in [6.45, 7) is 0. The number of methoxy groups -OCH3 is 1. The number of nitrogens with one attached hydrogen (secondary N) is 2. The minimum Gasteiger partial charge on any atom is -0.495 e. The van der Waals surface area contributed by atoms with Crippen molar-refractivity contribution in [3.05, 3.63) is 76.8 Å². The first kappa shape index (κ1) is 22.2. The molecule has 3 aromatic rings. The third-order valence-corrected chi connectivity index (χ3v) is 7.05. The molecular formula is C19H16Cl2N2O5S2. The Morgan fingerprint density at radius 2 is 1.37 bits per heavy atom. The molecule has 30 heavy (non-hydrogen) atoms. The van der Waals surface area contributed by atoms with Gasteiger partial charge in [0.2, 0.25) is 0 Å². The smallest absolute Gasteiger partial charge is 0.262 e. The Hall–Kier alpha value is -2.46. The molecule has 3 rings (SSSR count). The second kappa shape index (κ2) is 8.73. The number of rotatable bonds is 7. The van der Waals surface area contributed by atoms with Crippen molar-refractivity contribution in [2.45, 2.75) is 9.79 Å². The van der Waals surface area contributed by atoms with Gasteiger partial charge in [-0.15, -0.1) is 0 Å². The summed E-state index contributed by atoms with van der Waals surface area (Å²) in [4.78, 5) is -0.293. The van der Waals surface area contributed by atoms with Crippen molar-refractivity contribution in [2.75, 3.05) is 16.6 Å². The van der Waals surface area contributed by atoms with Crippen molar-refractivity contribution in [2.24, 2.45) is 0 Å². The molecule has 158 valence electrons. The van der Waals surface area contributed by atoms with E-state index in [-0.39, 0.29) is 31.2 Å². The van der Waals surface area contributed by atoms with Crippen molar-refractivity contribution in [3.8, 4) is 5.75 Å². The van der Waals surface area contributed by atoms with Crippen LogP contribution in [0.5, 0.6) is 5.75 Å². The summed E-state index contributed by atoms with van der Waals surface area (Å²) < 4.78 is 60.7. The maximum Gasteiger partial charge on any atom is 0.262 e. The SMILES string of the molecule is COc1ccccc1NS(=O)(=O)c1cccc(NS(=O)(=O)c2cc(Cl)cc(Cl)c2)c1. The van der Waals surface area contributed by atoms with Crippen molar-refractivity contribution in [1.82, 2.24) is 0 Å². The highest BCUT2D eigenvalue weighted by molar-refractivity contribution is 7.93. The molecule has 3 aromatic carbocycles. The average Bonchev–Trinajstić information content (AvgIpc) is 2.67. The summed E-state index contributed by atoms with van der Waals surface area (Å²) in [5.41, 5.74) is 0.300. The number of anilines is 2. The summed E-state index contributed by atoms with van der Waals surface area (Å²) in [6.07, 6.45) is 0. The molecule has 0 aromatic heterocycles. The van der Waals surface area contributed by atoms with E-state index in [1.807, 2.05) is 0 Å². The van der Waals surface area contributed by atoms with E-state index in [1.165, 1.54) is 49.6 Å². The van der Waals surface area contributed by atoms with Gasteiger partial charge in [-0.1, -0.05) is 41.4 Å². The van der Waals surface area contributed by atoms with Crippen LogP contribution in [0.1, 0.15) is 0 Å². The van der Waals surface area contributed by atoms with Gasteiger partial charge in [-0.3, -0.25) is 9.44 Å². The van der Waals surface area contributed by atoms with Crippen LogP contribution in [0.4, 0.5) is 11.4 Å². The Morgan fingerprint density at radius 1 is 0.733 bits per heavy atom. The van der Waals surface area contributed by atoms with Gasteiger partial charge in [0.1, 0.15) is 5.75 Å². The molecule has 11 heteroatoms. The molecule has 0 fully saturated rings. The predicted octanol–water partition coefficient (Wildman–Crippen LogP) is 4.60. The van der Waals surface area contributed by atoms with Gasteiger partial charge in [-0.05, 0) is 48.5 Å². The van der Waals surface area contributed by atoms with Gasteiger partial charge < -0.3 is 4.74 Å². The molecule has 2 N–H and O–H groups in total. The van der Waals surface area contributed by atoms with E-state index in [0.29, 0.717) is 5.75 Å². The first-order valence-corrected chi connectivity index (χ1v) is 12.1. The summed E-state index contributed by atoms with van der Waals surface area (Å²) in [7, 11) is -6.63. The van der Waals surface area contributed by atoms with Crippen molar-refractivity contribution < 1.29 is 21.6 Å². The standard InChI is InChI=1S/C19H16Cl2N2O5S2/c1-28-19-8-3-2-7-18(19)23-29(24,25)16-6-4-5-15(12-16)22-30(26,27)17-10-13(20)9-14(21)11-17/h2-12,22-23H,1H3. The lowest BCUT2D eigenvalue weighted by Crippen LogP contribution is -2.16. The normalized spacial score (nSPS) is 11.7. The Morgan fingerprint density at radius 3 is 2.03 bits per heavy atom. The molecule has 0 aliphatic carbocycles. The van der Waals surface area contributed by atoms with E-state index in [9.17, 15) is 16.8 Å². The minimum atomic E-state index is -4.04. The minimum absolute atomic E-state index is 0.0500. The number of ether oxygens (including phenoxy) is 1. The third kappa shape index (κ3) is 5.17. The van der Waals surface area contributed by atoms with Crippen LogP contribution < -0.4 is 14.2 Å². The molecule has 0 atom stereocenters. The van der Waals surface area contributed by atoms with E-state index >= 15 is 0 Å². The molecule has 0 amide bonds. The average molecular weight is 487 g/mol. The summed E-state index contributed by atoms with van der Waals surface area (Å²) in [5, 5.41) is 0.306. The highest BCUT2D eigenvalue weighted by Crippen LogP contribution is 2.28.